The van der Waals surface area contributed by atoms with Crippen LogP contribution in [-0.2, 0) is 4.74 Å². The Bertz CT molecular complexity index is 474. The van der Waals surface area contributed by atoms with Crippen molar-refractivity contribution in [2.75, 3.05) is 31.6 Å². The minimum Gasteiger partial charge on any atom is -0.444 e. The first-order valence-corrected chi connectivity index (χ1v) is 8.09. The zero-order valence-corrected chi connectivity index (χ0v) is 14.2. The number of hydrogen-bond acceptors (Lipinski definition) is 3. The molecule has 0 saturated carbocycles. The van der Waals surface area contributed by atoms with Crippen molar-refractivity contribution >= 4 is 11.8 Å². The summed E-state index contributed by atoms with van der Waals surface area (Å²) in [5, 5.41) is 0. The average molecular weight is 304 g/mol. The van der Waals surface area contributed by atoms with Crippen LogP contribution < -0.4 is 4.90 Å². The Balaban J connectivity index is 1.79. The molecule has 22 heavy (non-hydrogen) atoms. The van der Waals surface area contributed by atoms with E-state index in [-0.39, 0.29) is 6.09 Å². The summed E-state index contributed by atoms with van der Waals surface area (Å²) < 4.78 is 5.41. The highest BCUT2D eigenvalue weighted by molar-refractivity contribution is 5.67. The number of anilines is 1. The van der Waals surface area contributed by atoms with Crippen LogP contribution in [0.1, 0.15) is 33.6 Å². The van der Waals surface area contributed by atoms with Gasteiger partial charge in [0.1, 0.15) is 5.60 Å². The largest absolute Gasteiger partial charge is 0.444 e. The number of rotatable bonds is 3. The van der Waals surface area contributed by atoms with Crippen LogP contribution in [0.2, 0.25) is 0 Å². The van der Waals surface area contributed by atoms with Gasteiger partial charge in [-0.25, -0.2) is 4.79 Å². The number of piperidine rings is 1. The highest BCUT2D eigenvalue weighted by Crippen LogP contribution is 2.23. The molecule has 1 heterocycles. The van der Waals surface area contributed by atoms with Gasteiger partial charge in [0.25, 0.3) is 0 Å². The molecule has 1 fully saturated rings. The van der Waals surface area contributed by atoms with E-state index in [9.17, 15) is 4.79 Å². The molecule has 0 aromatic heterocycles. The van der Waals surface area contributed by atoms with E-state index in [2.05, 4.69) is 29.2 Å². The quantitative estimate of drug-likeness (QED) is 0.852. The summed E-state index contributed by atoms with van der Waals surface area (Å²) in [6.45, 7) is 8.58. The first-order valence-electron chi connectivity index (χ1n) is 8.09. The number of para-hydroxylation sites is 1. The van der Waals surface area contributed by atoms with Gasteiger partial charge in [-0.05, 0) is 51.7 Å². The molecule has 1 aromatic rings. The molecular formula is C18H28N2O2. The maximum Gasteiger partial charge on any atom is 0.410 e. The van der Waals surface area contributed by atoms with Gasteiger partial charge in [0.2, 0.25) is 0 Å². The minimum atomic E-state index is -0.429. The van der Waals surface area contributed by atoms with E-state index in [1.807, 2.05) is 33.9 Å². The van der Waals surface area contributed by atoms with Crippen molar-refractivity contribution in [1.82, 2.24) is 4.90 Å². The number of amides is 1. The topological polar surface area (TPSA) is 32.8 Å². The lowest BCUT2D eigenvalue weighted by molar-refractivity contribution is 0.0266. The number of benzene rings is 1. The summed E-state index contributed by atoms with van der Waals surface area (Å²) in [5.41, 5.74) is 0.864. The highest BCUT2D eigenvalue weighted by atomic mass is 16.6. The van der Waals surface area contributed by atoms with Crippen molar-refractivity contribution in [3.8, 4) is 0 Å². The monoisotopic (exact) mass is 304 g/mol. The molecule has 0 N–H and O–H groups in total. The summed E-state index contributed by atoms with van der Waals surface area (Å²) in [7, 11) is 1.83. The summed E-state index contributed by atoms with van der Waals surface area (Å²) >= 11 is 0. The van der Waals surface area contributed by atoms with E-state index in [0.29, 0.717) is 5.92 Å². The Morgan fingerprint density at radius 1 is 1.23 bits per heavy atom. The molecule has 1 amide bonds. The van der Waals surface area contributed by atoms with Crippen LogP contribution >= 0.6 is 0 Å². The standard InChI is InChI=1S/C18H28N2O2/c1-18(2,3)22-17(21)19(4)14-15-10-12-20(13-11-15)16-8-6-5-7-9-16/h5-9,15H,10-14H2,1-4H3. The van der Waals surface area contributed by atoms with Crippen LogP contribution in [0.15, 0.2) is 30.3 Å². The second-order valence-corrected chi connectivity index (χ2v) is 7.13. The van der Waals surface area contributed by atoms with Crippen molar-refractivity contribution < 1.29 is 9.53 Å². The Morgan fingerprint density at radius 2 is 1.82 bits per heavy atom. The van der Waals surface area contributed by atoms with Crippen molar-refractivity contribution in [2.45, 2.75) is 39.2 Å². The SMILES string of the molecule is CN(CC1CCN(c2ccccc2)CC1)C(=O)OC(C)(C)C. The molecule has 0 spiro atoms. The molecule has 2 rings (SSSR count). The van der Waals surface area contributed by atoms with Gasteiger partial charge in [0.15, 0.2) is 0 Å². The first kappa shape index (κ1) is 16.7. The minimum absolute atomic E-state index is 0.224. The van der Waals surface area contributed by atoms with Crippen LogP contribution in [0.3, 0.4) is 0 Å². The van der Waals surface area contributed by atoms with Gasteiger partial charge in [0.05, 0.1) is 0 Å². The fourth-order valence-corrected chi connectivity index (χ4v) is 2.81. The molecule has 1 aromatic carbocycles. The first-order chi connectivity index (χ1) is 10.3. The Hall–Kier alpha value is -1.71. The third-order valence-electron chi connectivity index (χ3n) is 3.97. The van der Waals surface area contributed by atoms with Crippen molar-refractivity contribution in [3.05, 3.63) is 30.3 Å². The predicted molar refractivity (Wildman–Crippen MR) is 90.2 cm³/mol. The third kappa shape index (κ3) is 4.93. The molecule has 0 radical (unpaired) electrons. The van der Waals surface area contributed by atoms with Crippen LogP contribution in [0.25, 0.3) is 0 Å². The molecule has 0 atom stereocenters. The number of hydrogen-bond donors (Lipinski definition) is 0. The number of carbonyl (C=O) groups is 1. The average Bonchev–Trinajstić information content (AvgIpc) is 2.47. The fourth-order valence-electron chi connectivity index (χ4n) is 2.81. The maximum atomic E-state index is 12.0. The van der Waals surface area contributed by atoms with E-state index in [0.717, 1.165) is 32.5 Å². The van der Waals surface area contributed by atoms with E-state index >= 15 is 0 Å². The summed E-state index contributed by atoms with van der Waals surface area (Å²) in [4.78, 5) is 16.1. The van der Waals surface area contributed by atoms with E-state index in [4.69, 9.17) is 4.74 Å². The van der Waals surface area contributed by atoms with Crippen LogP contribution in [-0.4, -0.2) is 43.3 Å². The van der Waals surface area contributed by atoms with E-state index < -0.39 is 5.60 Å². The van der Waals surface area contributed by atoms with Gasteiger partial charge in [-0.3, -0.25) is 0 Å². The second kappa shape index (κ2) is 7.03. The Kier molecular flexibility index (Phi) is 5.33. The zero-order valence-electron chi connectivity index (χ0n) is 14.2. The van der Waals surface area contributed by atoms with Gasteiger partial charge in [-0.1, -0.05) is 18.2 Å². The molecule has 0 unspecified atom stereocenters. The summed E-state index contributed by atoms with van der Waals surface area (Å²) in [5.74, 6) is 0.553. The maximum absolute atomic E-state index is 12.0. The fraction of sp³-hybridized carbons (Fsp3) is 0.611. The lowest BCUT2D eigenvalue weighted by Crippen LogP contribution is -2.41. The molecule has 0 bridgehead atoms. The van der Waals surface area contributed by atoms with Gasteiger partial charge >= 0.3 is 6.09 Å². The van der Waals surface area contributed by atoms with E-state index in [1.165, 1.54) is 5.69 Å². The van der Waals surface area contributed by atoms with E-state index in [1.54, 1.807) is 4.90 Å². The highest BCUT2D eigenvalue weighted by Gasteiger charge is 2.24. The normalized spacial score (nSPS) is 16.5. The molecule has 4 heteroatoms. The van der Waals surface area contributed by atoms with Gasteiger partial charge in [-0.15, -0.1) is 0 Å². The van der Waals surface area contributed by atoms with Gasteiger partial charge < -0.3 is 14.5 Å². The lowest BCUT2D eigenvalue weighted by Gasteiger charge is -2.35. The smallest absolute Gasteiger partial charge is 0.410 e. The summed E-state index contributed by atoms with van der Waals surface area (Å²) in [6.07, 6.45) is 2.00. The van der Waals surface area contributed by atoms with Crippen LogP contribution in [0, 0.1) is 5.92 Å². The van der Waals surface area contributed by atoms with Crippen molar-refractivity contribution in [1.29, 1.82) is 0 Å². The molecule has 1 aliphatic rings. The van der Waals surface area contributed by atoms with Crippen molar-refractivity contribution in [2.24, 2.45) is 5.92 Å². The Labute approximate surface area is 134 Å². The lowest BCUT2D eigenvalue weighted by atomic mass is 9.96. The van der Waals surface area contributed by atoms with Gasteiger partial charge in [0, 0.05) is 32.4 Å². The zero-order chi connectivity index (χ0) is 16.2. The Morgan fingerprint density at radius 3 is 2.36 bits per heavy atom. The second-order valence-electron chi connectivity index (χ2n) is 7.13. The van der Waals surface area contributed by atoms with Gasteiger partial charge in [-0.2, -0.15) is 0 Å². The predicted octanol–water partition coefficient (Wildman–Crippen LogP) is 3.77. The number of carbonyl (C=O) groups excluding carboxylic acids is 1. The molecule has 1 aliphatic heterocycles. The third-order valence-corrected chi connectivity index (χ3v) is 3.97. The number of nitrogens with zero attached hydrogens (tertiary/aromatic N) is 2. The van der Waals surface area contributed by atoms with Crippen LogP contribution in [0.5, 0.6) is 0 Å². The molecule has 4 nitrogen and oxygen atoms in total. The van der Waals surface area contributed by atoms with Crippen molar-refractivity contribution in [3.63, 3.8) is 0 Å². The van der Waals surface area contributed by atoms with Crippen LogP contribution in [0.4, 0.5) is 10.5 Å². The molecule has 0 aliphatic carbocycles. The molecule has 122 valence electrons. The molecule has 1 saturated heterocycles. The number of ether oxygens (including phenoxy) is 1. The summed E-state index contributed by atoms with van der Waals surface area (Å²) in [6, 6.07) is 10.5. The molecular weight excluding hydrogens is 276 g/mol.